The van der Waals surface area contributed by atoms with Crippen molar-refractivity contribution in [2.24, 2.45) is 11.8 Å². The van der Waals surface area contributed by atoms with E-state index in [-0.39, 0.29) is 31.6 Å². The van der Waals surface area contributed by atoms with Gasteiger partial charge in [0, 0.05) is 17.0 Å². The lowest BCUT2D eigenvalue weighted by Gasteiger charge is -2.39. The molecular weight excluding hydrogens is 584 g/mol. The predicted octanol–water partition coefficient (Wildman–Crippen LogP) is 5.56. The summed E-state index contributed by atoms with van der Waals surface area (Å²) in [6, 6.07) is 22.0. The number of benzene rings is 3. The summed E-state index contributed by atoms with van der Waals surface area (Å²) in [5.74, 6) is -2.33. The molecule has 3 aliphatic heterocycles. The normalized spacial score (nSPS) is 27.3. The van der Waals surface area contributed by atoms with Gasteiger partial charge in [-0.3, -0.25) is 14.4 Å². The highest BCUT2D eigenvalue weighted by Gasteiger charge is 2.78. The van der Waals surface area contributed by atoms with Crippen molar-refractivity contribution >= 4 is 46.0 Å². The van der Waals surface area contributed by atoms with E-state index in [4.69, 9.17) is 4.74 Å². The molecule has 3 aromatic rings. The number of hydrogen-bond donors (Lipinski definition) is 1. The van der Waals surface area contributed by atoms with E-state index in [1.807, 2.05) is 79.7 Å². The molecule has 3 aliphatic rings. The number of carbonyl (C=O) groups is 3. The number of aliphatic hydroxyl groups excluding tert-OH is 1. The second kappa shape index (κ2) is 12.5. The summed E-state index contributed by atoms with van der Waals surface area (Å²) in [6.45, 7) is 9.81. The molecule has 8 heteroatoms. The van der Waals surface area contributed by atoms with E-state index in [0.29, 0.717) is 31.4 Å². The fourth-order valence-corrected chi connectivity index (χ4v) is 10.1. The smallest absolute Gasteiger partial charge is 0.311 e. The molecule has 0 aromatic heterocycles. The van der Waals surface area contributed by atoms with Gasteiger partial charge in [-0.15, -0.1) is 24.9 Å². The second-order valence-electron chi connectivity index (χ2n) is 12.5. The predicted molar refractivity (Wildman–Crippen MR) is 179 cm³/mol. The second-order valence-corrected chi connectivity index (χ2v) is 14.4. The Kier molecular flexibility index (Phi) is 8.63. The van der Waals surface area contributed by atoms with Gasteiger partial charge in [-0.1, -0.05) is 72.8 Å². The molecule has 45 heavy (non-hydrogen) atoms. The summed E-state index contributed by atoms with van der Waals surface area (Å²) >= 11 is 1.60. The van der Waals surface area contributed by atoms with Gasteiger partial charge in [0.05, 0.1) is 35.8 Å². The first-order valence-electron chi connectivity index (χ1n) is 15.6. The van der Waals surface area contributed by atoms with Crippen molar-refractivity contribution in [2.45, 2.75) is 54.2 Å². The first-order valence-corrected chi connectivity index (χ1v) is 16.5. The topological polar surface area (TPSA) is 87.1 Å². The Hall–Kier alpha value is -3.88. The summed E-state index contributed by atoms with van der Waals surface area (Å²) in [5, 5.41) is 12.9. The number of amides is 2. The first-order chi connectivity index (χ1) is 21.8. The highest BCUT2D eigenvalue weighted by atomic mass is 32.2. The Balaban J connectivity index is 1.45. The van der Waals surface area contributed by atoms with Gasteiger partial charge < -0.3 is 19.6 Å². The molecule has 234 valence electrons. The van der Waals surface area contributed by atoms with Crippen LogP contribution in [0.15, 0.2) is 98.1 Å². The van der Waals surface area contributed by atoms with E-state index >= 15 is 4.79 Å². The van der Waals surface area contributed by atoms with Crippen LogP contribution in [0.3, 0.4) is 0 Å². The number of thioether (sulfide) groups is 1. The maximum atomic E-state index is 15.1. The van der Waals surface area contributed by atoms with Crippen molar-refractivity contribution in [3.05, 3.63) is 104 Å². The summed E-state index contributed by atoms with van der Waals surface area (Å²) in [7, 11) is 0. The van der Waals surface area contributed by atoms with E-state index < -0.39 is 39.4 Å². The number of aliphatic hydroxyl groups is 1. The molecule has 2 amide bonds. The van der Waals surface area contributed by atoms with Crippen molar-refractivity contribution in [1.82, 2.24) is 4.90 Å². The van der Waals surface area contributed by atoms with Gasteiger partial charge >= 0.3 is 5.97 Å². The molecule has 7 nitrogen and oxygen atoms in total. The SMILES string of the molecule is C=CCCOC(=O)[C@@H]1[C@H]2C(=O)N([C@@H](CO)Cc3ccccc3)C(C(=O)N(CC=C)c3ccc4ccccc4c3)C23CC[C@@]1(C)S3. The molecule has 3 saturated heterocycles. The zero-order valence-corrected chi connectivity index (χ0v) is 26.5. The molecular formula is C37H40N2O5S. The van der Waals surface area contributed by atoms with Gasteiger partial charge in [0.1, 0.15) is 6.04 Å². The summed E-state index contributed by atoms with van der Waals surface area (Å²) in [4.78, 5) is 46.8. The van der Waals surface area contributed by atoms with Crippen LogP contribution in [0.4, 0.5) is 5.69 Å². The van der Waals surface area contributed by atoms with Crippen LogP contribution in [0.1, 0.15) is 31.7 Å². The quantitative estimate of drug-likeness (QED) is 0.161. The van der Waals surface area contributed by atoms with Crippen LogP contribution in [-0.2, 0) is 25.5 Å². The van der Waals surface area contributed by atoms with Crippen LogP contribution in [-0.4, -0.2) is 69.1 Å². The van der Waals surface area contributed by atoms with Crippen molar-refractivity contribution < 1.29 is 24.2 Å². The number of hydrogen-bond acceptors (Lipinski definition) is 6. The third-order valence-electron chi connectivity index (χ3n) is 9.81. The monoisotopic (exact) mass is 624 g/mol. The Bertz CT molecular complexity index is 1630. The lowest BCUT2D eigenvalue weighted by Crippen LogP contribution is -2.58. The number of nitrogens with zero attached hydrogens (tertiary/aromatic N) is 2. The van der Waals surface area contributed by atoms with E-state index in [0.717, 1.165) is 16.3 Å². The highest BCUT2D eigenvalue weighted by Crippen LogP contribution is 2.72. The molecule has 0 saturated carbocycles. The maximum absolute atomic E-state index is 15.1. The molecule has 3 aromatic carbocycles. The molecule has 3 heterocycles. The number of ether oxygens (including phenoxy) is 1. The number of esters is 1. The van der Waals surface area contributed by atoms with Crippen LogP contribution < -0.4 is 4.90 Å². The largest absolute Gasteiger partial charge is 0.465 e. The van der Waals surface area contributed by atoms with Gasteiger partial charge in [0.2, 0.25) is 5.91 Å². The van der Waals surface area contributed by atoms with Gasteiger partial charge in [0.15, 0.2) is 0 Å². The minimum atomic E-state index is -0.889. The molecule has 0 radical (unpaired) electrons. The van der Waals surface area contributed by atoms with Crippen LogP contribution in [0.2, 0.25) is 0 Å². The van der Waals surface area contributed by atoms with Crippen LogP contribution >= 0.6 is 11.8 Å². The van der Waals surface area contributed by atoms with Gasteiger partial charge in [-0.05, 0) is 61.1 Å². The molecule has 1 spiro atoms. The number of fused-ring (bicyclic) bond motifs is 2. The zero-order chi connectivity index (χ0) is 31.8. The standard InChI is InChI=1S/C37H40N2O5S/c1-4-6-21-44-35(43)31-30-33(41)39(29(24-40)22-25-12-8-7-9-13-25)32(37(30)19-18-36(31,3)45-37)34(42)38(20-5-2)28-17-16-26-14-10-11-15-27(26)23-28/h4-5,7-17,23,29-32,40H,1-2,6,18-22,24H2,3H3/t29-,30+,31+,32?,36-,37?/m1/s1. The average molecular weight is 625 g/mol. The minimum Gasteiger partial charge on any atom is -0.465 e. The van der Waals surface area contributed by atoms with Crippen molar-refractivity contribution in [3.8, 4) is 0 Å². The lowest BCUT2D eigenvalue weighted by molar-refractivity contribution is -0.156. The molecule has 2 unspecified atom stereocenters. The maximum Gasteiger partial charge on any atom is 0.311 e. The van der Waals surface area contributed by atoms with E-state index in [9.17, 15) is 14.7 Å². The Morgan fingerprint density at radius 1 is 1.07 bits per heavy atom. The number of likely N-dealkylation sites (tertiary alicyclic amines) is 1. The number of anilines is 1. The Morgan fingerprint density at radius 3 is 2.51 bits per heavy atom. The molecule has 0 aliphatic carbocycles. The van der Waals surface area contributed by atoms with Crippen LogP contribution in [0.5, 0.6) is 0 Å². The highest BCUT2D eigenvalue weighted by molar-refractivity contribution is 8.02. The molecule has 2 bridgehead atoms. The summed E-state index contributed by atoms with van der Waals surface area (Å²) in [6.07, 6.45) is 5.57. The summed E-state index contributed by atoms with van der Waals surface area (Å²) in [5.41, 5.74) is 1.66. The van der Waals surface area contributed by atoms with Crippen LogP contribution in [0, 0.1) is 11.8 Å². The summed E-state index contributed by atoms with van der Waals surface area (Å²) < 4.78 is 4.31. The average Bonchev–Trinajstić information content (AvgIpc) is 3.63. The Morgan fingerprint density at radius 2 is 1.80 bits per heavy atom. The lowest BCUT2D eigenvalue weighted by atomic mass is 9.66. The van der Waals surface area contributed by atoms with Gasteiger partial charge in [0.25, 0.3) is 5.91 Å². The van der Waals surface area contributed by atoms with Crippen LogP contribution in [0.25, 0.3) is 10.8 Å². The molecule has 1 N–H and O–H groups in total. The fourth-order valence-electron chi connectivity index (χ4n) is 7.81. The molecule has 6 atom stereocenters. The number of rotatable bonds is 12. The van der Waals surface area contributed by atoms with E-state index in [1.165, 1.54) is 0 Å². The molecule has 3 fully saturated rings. The number of carbonyl (C=O) groups excluding carboxylic acids is 3. The Labute approximate surface area is 268 Å². The fraction of sp³-hybridized carbons (Fsp3) is 0.378. The van der Waals surface area contributed by atoms with Gasteiger partial charge in [-0.2, -0.15) is 0 Å². The third-order valence-corrected chi connectivity index (χ3v) is 11.8. The van der Waals surface area contributed by atoms with E-state index in [1.54, 1.807) is 33.7 Å². The minimum absolute atomic E-state index is 0.196. The van der Waals surface area contributed by atoms with Crippen molar-refractivity contribution in [1.29, 1.82) is 0 Å². The van der Waals surface area contributed by atoms with E-state index in [2.05, 4.69) is 13.2 Å². The van der Waals surface area contributed by atoms with Crippen molar-refractivity contribution in [2.75, 3.05) is 24.7 Å². The zero-order valence-electron chi connectivity index (χ0n) is 25.6. The van der Waals surface area contributed by atoms with Crippen molar-refractivity contribution in [3.63, 3.8) is 0 Å². The first kappa shape index (κ1) is 31.1. The third kappa shape index (κ3) is 5.28. The molecule has 6 rings (SSSR count). The van der Waals surface area contributed by atoms with Gasteiger partial charge in [-0.25, -0.2) is 0 Å².